The number of rotatable bonds is 7. The van der Waals surface area contributed by atoms with E-state index in [9.17, 15) is 9.59 Å². The highest BCUT2D eigenvalue weighted by molar-refractivity contribution is 6.07. The van der Waals surface area contributed by atoms with E-state index in [0.717, 1.165) is 44.3 Å². The van der Waals surface area contributed by atoms with Crippen LogP contribution in [0.25, 0.3) is 0 Å². The van der Waals surface area contributed by atoms with E-state index in [0.29, 0.717) is 17.9 Å². The molecule has 150 valence electrons. The summed E-state index contributed by atoms with van der Waals surface area (Å²) in [5, 5.41) is 3.62. The summed E-state index contributed by atoms with van der Waals surface area (Å²) in [6.07, 6.45) is 6.24. The number of ketones is 1. The van der Waals surface area contributed by atoms with Gasteiger partial charge in [-0.05, 0) is 35.8 Å². The predicted molar refractivity (Wildman–Crippen MR) is 108 cm³/mol. The highest BCUT2D eigenvalue weighted by Gasteiger charge is 2.39. The number of carbonyl (C=O) groups is 2. The van der Waals surface area contributed by atoms with Crippen molar-refractivity contribution in [1.29, 1.82) is 0 Å². The van der Waals surface area contributed by atoms with Crippen molar-refractivity contribution in [3.05, 3.63) is 53.4 Å². The van der Waals surface area contributed by atoms with Crippen LogP contribution in [0.4, 0.5) is 0 Å². The van der Waals surface area contributed by atoms with E-state index in [2.05, 4.69) is 32.0 Å². The second-order valence-corrected chi connectivity index (χ2v) is 8.15. The smallest absolute Gasteiger partial charge is 0.231 e. The number of unbranched alkanes of at least 4 members (excludes halogenated alkanes) is 2. The molecule has 0 radical (unpaired) electrons. The van der Waals surface area contributed by atoms with Gasteiger partial charge in [-0.2, -0.15) is 0 Å². The monoisotopic (exact) mass is 382 g/mol. The molecule has 0 spiro atoms. The lowest BCUT2D eigenvalue weighted by Gasteiger charge is -2.45. The molecule has 2 aromatic rings. The number of carbonyl (C=O) groups excluding carboxylic acids is 2. The maximum atomic E-state index is 12.6. The second kappa shape index (κ2) is 8.72. The van der Waals surface area contributed by atoms with Crippen LogP contribution in [0, 0.1) is 5.92 Å². The molecule has 0 aliphatic carbocycles. The number of benzene rings is 1. The van der Waals surface area contributed by atoms with Gasteiger partial charge in [0.1, 0.15) is 0 Å². The van der Waals surface area contributed by atoms with Gasteiger partial charge >= 0.3 is 0 Å². The van der Waals surface area contributed by atoms with Gasteiger partial charge in [0.15, 0.2) is 0 Å². The van der Waals surface area contributed by atoms with Crippen LogP contribution >= 0.6 is 0 Å². The maximum absolute atomic E-state index is 12.6. The van der Waals surface area contributed by atoms with E-state index in [4.69, 9.17) is 4.52 Å². The Morgan fingerprint density at radius 1 is 1.29 bits per heavy atom. The van der Waals surface area contributed by atoms with Crippen LogP contribution in [-0.2, 0) is 10.2 Å². The fraction of sp³-hybridized carbons (Fsp3) is 0.522. The zero-order valence-electron chi connectivity index (χ0n) is 17.1. The quantitative estimate of drug-likeness (QED) is 0.518. The zero-order chi connectivity index (χ0) is 20.1. The molecule has 0 saturated carbocycles. The molecule has 2 unspecified atom stereocenters. The van der Waals surface area contributed by atoms with Crippen LogP contribution in [0.2, 0.25) is 0 Å². The Bertz CT molecular complexity index is 815. The highest BCUT2D eigenvalue weighted by Crippen LogP contribution is 2.40. The summed E-state index contributed by atoms with van der Waals surface area (Å²) >= 11 is 0. The second-order valence-electron chi connectivity index (χ2n) is 8.15. The van der Waals surface area contributed by atoms with E-state index in [1.807, 2.05) is 23.1 Å². The first-order valence-corrected chi connectivity index (χ1v) is 10.3. The van der Waals surface area contributed by atoms with E-state index in [1.54, 1.807) is 6.07 Å². The van der Waals surface area contributed by atoms with Crippen molar-refractivity contribution in [1.82, 2.24) is 10.1 Å². The van der Waals surface area contributed by atoms with Gasteiger partial charge in [-0.25, -0.2) is 0 Å². The minimum absolute atomic E-state index is 0.0715. The summed E-state index contributed by atoms with van der Waals surface area (Å²) in [7, 11) is 0. The standard InChI is InChI=1S/C23H30N2O3/c1-4-5-6-10-21(26)25-14-12-23(3,17(2)16-25)19-9-7-8-18(15-19)22(27)20-11-13-24-28-20/h7-9,11,13,15,17H,4-6,10,12,14,16H2,1-3H3. The van der Waals surface area contributed by atoms with Gasteiger partial charge < -0.3 is 9.42 Å². The number of amides is 1. The Hall–Kier alpha value is -2.43. The van der Waals surface area contributed by atoms with Crippen LogP contribution in [0.5, 0.6) is 0 Å². The summed E-state index contributed by atoms with van der Waals surface area (Å²) in [6.45, 7) is 8.14. The molecule has 1 aliphatic heterocycles. The molecular weight excluding hydrogens is 352 g/mol. The van der Waals surface area contributed by atoms with Crippen LogP contribution in [0.3, 0.4) is 0 Å². The van der Waals surface area contributed by atoms with Gasteiger partial charge in [-0.1, -0.05) is 57.0 Å². The van der Waals surface area contributed by atoms with Crippen molar-refractivity contribution in [3.63, 3.8) is 0 Å². The molecule has 0 bridgehead atoms. The highest BCUT2D eigenvalue weighted by atomic mass is 16.5. The van der Waals surface area contributed by atoms with Gasteiger partial charge in [0.25, 0.3) is 0 Å². The third kappa shape index (κ3) is 4.18. The van der Waals surface area contributed by atoms with E-state index in [1.165, 1.54) is 6.20 Å². The molecule has 5 heteroatoms. The molecule has 0 N–H and O–H groups in total. The molecule has 3 rings (SSSR count). The number of likely N-dealkylation sites (tertiary alicyclic amines) is 1. The first kappa shape index (κ1) is 20.3. The molecule has 1 aliphatic rings. The Kier molecular flexibility index (Phi) is 6.32. The Balaban J connectivity index is 1.72. The average molecular weight is 383 g/mol. The van der Waals surface area contributed by atoms with Crippen LogP contribution in [0.15, 0.2) is 41.1 Å². The molecular formula is C23H30N2O3. The van der Waals surface area contributed by atoms with Gasteiger partial charge in [0, 0.05) is 31.1 Å². The normalized spacial score (nSPS) is 22.2. The molecule has 1 saturated heterocycles. The molecule has 28 heavy (non-hydrogen) atoms. The van der Waals surface area contributed by atoms with E-state index in [-0.39, 0.29) is 22.9 Å². The van der Waals surface area contributed by atoms with Gasteiger partial charge in [-0.3, -0.25) is 9.59 Å². The average Bonchev–Trinajstić information content (AvgIpc) is 3.24. The van der Waals surface area contributed by atoms with Gasteiger partial charge in [0.05, 0.1) is 6.20 Å². The number of hydrogen-bond acceptors (Lipinski definition) is 4. The minimum atomic E-state index is -0.154. The molecule has 5 nitrogen and oxygen atoms in total. The third-order valence-electron chi connectivity index (χ3n) is 6.28. The molecule has 1 amide bonds. The fourth-order valence-corrected chi connectivity index (χ4v) is 4.07. The van der Waals surface area contributed by atoms with E-state index < -0.39 is 0 Å². The fourth-order valence-electron chi connectivity index (χ4n) is 4.07. The van der Waals surface area contributed by atoms with Crippen molar-refractivity contribution in [2.24, 2.45) is 5.92 Å². The lowest BCUT2D eigenvalue weighted by molar-refractivity contribution is -0.134. The van der Waals surface area contributed by atoms with Crippen LogP contribution < -0.4 is 0 Å². The number of aromatic nitrogens is 1. The summed E-state index contributed by atoms with van der Waals surface area (Å²) < 4.78 is 5.02. The van der Waals surface area contributed by atoms with Crippen molar-refractivity contribution in [2.75, 3.05) is 13.1 Å². The topological polar surface area (TPSA) is 63.4 Å². The van der Waals surface area contributed by atoms with Crippen molar-refractivity contribution in [3.8, 4) is 0 Å². The summed E-state index contributed by atoms with van der Waals surface area (Å²) in [4.78, 5) is 27.1. The number of hydrogen-bond donors (Lipinski definition) is 0. The van der Waals surface area contributed by atoms with Crippen molar-refractivity contribution >= 4 is 11.7 Å². The number of piperidine rings is 1. The van der Waals surface area contributed by atoms with Crippen molar-refractivity contribution in [2.45, 2.75) is 58.3 Å². The zero-order valence-corrected chi connectivity index (χ0v) is 17.1. The SMILES string of the molecule is CCCCCC(=O)N1CCC(C)(c2cccc(C(=O)c3ccno3)c2)C(C)C1. The van der Waals surface area contributed by atoms with Gasteiger partial charge in [-0.15, -0.1) is 0 Å². The number of nitrogens with zero attached hydrogens (tertiary/aromatic N) is 2. The Morgan fingerprint density at radius 2 is 2.11 bits per heavy atom. The Morgan fingerprint density at radius 3 is 2.79 bits per heavy atom. The largest absolute Gasteiger partial charge is 0.353 e. The summed E-state index contributed by atoms with van der Waals surface area (Å²) in [5.74, 6) is 0.686. The van der Waals surface area contributed by atoms with Gasteiger partial charge in [0.2, 0.25) is 17.5 Å². The molecule has 2 atom stereocenters. The van der Waals surface area contributed by atoms with Crippen LogP contribution in [0.1, 0.15) is 74.6 Å². The predicted octanol–water partition coefficient (Wildman–Crippen LogP) is 4.61. The molecule has 1 aromatic carbocycles. The maximum Gasteiger partial charge on any atom is 0.231 e. The third-order valence-corrected chi connectivity index (χ3v) is 6.28. The van der Waals surface area contributed by atoms with Crippen LogP contribution in [-0.4, -0.2) is 34.8 Å². The molecule has 1 aromatic heterocycles. The van der Waals surface area contributed by atoms with E-state index >= 15 is 0 Å². The lowest BCUT2D eigenvalue weighted by atomic mass is 9.67. The lowest BCUT2D eigenvalue weighted by Crippen LogP contribution is -2.49. The van der Waals surface area contributed by atoms with Crippen molar-refractivity contribution < 1.29 is 14.1 Å². The first-order valence-electron chi connectivity index (χ1n) is 10.3. The minimum Gasteiger partial charge on any atom is -0.353 e. The Labute approximate surface area is 167 Å². The molecule has 2 heterocycles. The first-order chi connectivity index (χ1) is 13.5. The summed E-state index contributed by atoms with van der Waals surface area (Å²) in [5.41, 5.74) is 1.68. The molecule has 1 fully saturated rings. The summed E-state index contributed by atoms with van der Waals surface area (Å²) in [6, 6.07) is 9.39.